The summed E-state index contributed by atoms with van der Waals surface area (Å²) in [5, 5.41) is 11.6. The van der Waals surface area contributed by atoms with Gasteiger partial charge in [0.05, 0.1) is 31.1 Å². The molecule has 0 bridgehead atoms. The van der Waals surface area contributed by atoms with Gasteiger partial charge in [-0.25, -0.2) is 4.99 Å². The summed E-state index contributed by atoms with van der Waals surface area (Å²) in [5.41, 5.74) is 7.99. The van der Waals surface area contributed by atoms with Gasteiger partial charge in [0.1, 0.15) is 5.70 Å². The fourth-order valence-electron chi connectivity index (χ4n) is 3.51. The first-order valence-corrected chi connectivity index (χ1v) is 14.8. The van der Waals surface area contributed by atoms with E-state index in [1.54, 1.807) is 47.4 Å². The summed E-state index contributed by atoms with van der Waals surface area (Å²) >= 11 is 18.4. The van der Waals surface area contributed by atoms with Gasteiger partial charge in [-0.15, -0.1) is 0 Å². The van der Waals surface area contributed by atoms with Crippen molar-refractivity contribution in [2.24, 2.45) is 10.7 Å². The number of rotatable bonds is 5. The van der Waals surface area contributed by atoms with Crippen LogP contribution in [0.5, 0.6) is 0 Å². The van der Waals surface area contributed by atoms with Crippen LogP contribution in [0.3, 0.4) is 0 Å². The number of amides is 1. The van der Waals surface area contributed by atoms with E-state index in [1.807, 2.05) is 0 Å². The molecular formula is C23H26Cl3N3O2Si. The summed E-state index contributed by atoms with van der Waals surface area (Å²) in [6, 6.07) is 13.9. The highest BCUT2D eigenvalue weighted by Crippen LogP contribution is 2.30. The fourth-order valence-corrected chi connectivity index (χ4v) is 6.09. The second-order valence-corrected chi connectivity index (χ2v) is 15.2. The lowest BCUT2D eigenvalue weighted by molar-refractivity contribution is -0.127. The van der Waals surface area contributed by atoms with E-state index in [0.29, 0.717) is 45.1 Å². The van der Waals surface area contributed by atoms with Crippen molar-refractivity contribution in [3.8, 4) is 0 Å². The SMILES string of the molecule is C[Si]1(C)CCN(C(=O)C(N)=C(CO)C(=Nc2ccc(Cl)cc2Cl)c2ccc(Cl)cc2)CC1. The number of carbonyl (C=O) groups excluding carboxylic acids is 1. The van der Waals surface area contributed by atoms with Gasteiger partial charge in [0.2, 0.25) is 0 Å². The van der Waals surface area contributed by atoms with Crippen LogP contribution in [-0.4, -0.2) is 49.4 Å². The number of aliphatic hydroxyl groups excluding tert-OH is 1. The molecule has 1 saturated heterocycles. The number of hydrogen-bond acceptors (Lipinski definition) is 4. The van der Waals surface area contributed by atoms with Crippen LogP contribution in [0.15, 0.2) is 58.7 Å². The average Bonchev–Trinajstić information content (AvgIpc) is 2.75. The summed E-state index contributed by atoms with van der Waals surface area (Å²) in [4.78, 5) is 19.6. The Balaban J connectivity index is 2.07. The summed E-state index contributed by atoms with van der Waals surface area (Å²) in [5.74, 6) is -0.289. The molecule has 3 N–H and O–H groups in total. The standard InChI is InChI=1S/C23H26Cl3N3O2Si/c1-32(2)11-9-29(10-12-32)23(31)21(27)18(14-30)22(15-3-5-16(24)6-4-15)28-20-8-7-17(25)13-19(20)26/h3-8,13,30H,9-12,14,27H2,1-2H3. The van der Waals surface area contributed by atoms with Crippen LogP contribution in [0.4, 0.5) is 5.69 Å². The minimum atomic E-state index is -1.25. The number of benzene rings is 2. The van der Waals surface area contributed by atoms with Gasteiger partial charge >= 0.3 is 0 Å². The van der Waals surface area contributed by atoms with Crippen molar-refractivity contribution < 1.29 is 9.90 Å². The van der Waals surface area contributed by atoms with Gasteiger partial charge in [0, 0.05) is 34.3 Å². The van der Waals surface area contributed by atoms with E-state index >= 15 is 0 Å². The minimum absolute atomic E-state index is 0.0207. The summed E-state index contributed by atoms with van der Waals surface area (Å²) < 4.78 is 0. The molecule has 0 unspecified atom stereocenters. The number of nitrogens with zero attached hydrogens (tertiary/aromatic N) is 2. The smallest absolute Gasteiger partial charge is 0.270 e. The molecule has 0 saturated carbocycles. The topological polar surface area (TPSA) is 78.9 Å². The van der Waals surface area contributed by atoms with Gasteiger partial charge in [0.25, 0.3) is 5.91 Å². The zero-order chi connectivity index (χ0) is 23.5. The Labute approximate surface area is 204 Å². The lowest BCUT2D eigenvalue weighted by Crippen LogP contribution is -2.47. The number of halogens is 3. The van der Waals surface area contributed by atoms with Gasteiger partial charge in [-0.2, -0.15) is 0 Å². The lowest BCUT2D eigenvalue weighted by Gasteiger charge is -2.36. The first-order chi connectivity index (χ1) is 15.1. The summed E-state index contributed by atoms with van der Waals surface area (Å²) in [6.07, 6.45) is 0. The molecule has 0 radical (unpaired) electrons. The maximum Gasteiger partial charge on any atom is 0.270 e. The highest BCUT2D eigenvalue weighted by molar-refractivity contribution is 6.77. The highest BCUT2D eigenvalue weighted by atomic mass is 35.5. The first kappa shape index (κ1) is 24.8. The number of hydrogen-bond donors (Lipinski definition) is 2. The molecule has 1 aliphatic heterocycles. The number of carbonyl (C=O) groups is 1. The summed E-state index contributed by atoms with van der Waals surface area (Å²) in [7, 11) is -1.25. The number of aliphatic imine (C=N–C) groups is 1. The number of aliphatic hydroxyl groups is 1. The second kappa shape index (κ2) is 10.4. The second-order valence-electron chi connectivity index (χ2n) is 8.57. The quantitative estimate of drug-likeness (QED) is 0.316. The largest absolute Gasteiger partial charge is 0.394 e. The molecule has 5 nitrogen and oxygen atoms in total. The molecule has 1 fully saturated rings. The van der Waals surface area contributed by atoms with Gasteiger partial charge < -0.3 is 15.7 Å². The highest BCUT2D eigenvalue weighted by Gasteiger charge is 2.31. The van der Waals surface area contributed by atoms with Crippen LogP contribution in [0, 0.1) is 0 Å². The Morgan fingerprint density at radius 3 is 2.22 bits per heavy atom. The van der Waals surface area contributed by atoms with Crippen molar-refractivity contribution in [2.45, 2.75) is 25.2 Å². The fraction of sp³-hybridized carbons (Fsp3) is 0.304. The third-order valence-corrected chi connectivity index (χ3v) is 9.61. The Morgan fingerprint density at radius 1 is 1.06 bits per heavy atom. The molecule has 1 heterocycles. The Kier molecular flexibility index (Phi) is 8.06. The van der Waals surface area contributed by atoms with E-state index < -0.39 is 14.7 Å². The molecule has 0 atom stereocenters. The summed E-state index contributed by atoms with van der Waals surface area (Å²) in [6.45, 7) is 5.54. The van der Waals surface area contributed by atoms with Crippen LogP contribution in [0.2, 0.25) is 40.3 Å². The minimum Gasteiger partial charge on any atom is -0.394 e. The Bertz CT molecular complexity index is 1060. The number of nitrogens with two attached hydrogens (primary N) is 1. The monoisotopic (exact) mass is 509 g/mol. The molecule has 170 valence electrons. The van der Waals surface area contributed by atoms with Crippen molar-refractivity contribution in [3.05, 3.63) is 74.4 Å². The van der Waals surface area contributed by atoms with E-state index in [0.717, 1.165) is 12.1 Å². The molecular weight excluding hydrogens is 485 g/mol. The molecule has 0 aromatic heterocycles. The van der Waals surface area contributed by atoms with Crippen LogP contribution in [-0.2, 0) is 4.79 Å². The van der Waals surface area contributed by atoms with E-state index in [9.17, 15) is 9.90 Å². The van der Waals surface area contributed by atoms with Crippen molar-refractivity contribution in [1.29, 1.82) is 0 Å². The molecule has 1 aliphatic rings. The lowest BCUT2D eigenvalue weighted by atomic mass is 10.00. The van der Waals surface area contributed by atoms with Crippen molar-refractivity contribution in [1.82, 2.24) is 4.90 Å². The van der Waals surface area contributed by atoms with Crippen molar-refractivity contribution in [3.63, 3.8) is 0 Å². The van der Waals surface area contributed by atoms with Gasteiger partial charge in [0.15, 0.2) is 0 Å². The van der Waals surface area contributed by atoms with Crippen LogP contribution in [0.25, 0.3) is 0 Å². The van der Waals surface area contributed by atoms with Crippen LogP contribution < -0.4 is 5.73 Å². The Morgan fingerprint density at radius 2 is 1.66 bits per heavy atom. The van der Waals surface area contributed by atoms with Gasteiger partial charge in [-0.1, -0.05) is 60.0 Å². The molecule has 2 aromatic carbocycles. The maximum atomic E-state index is 13.2. The normalized spacial score (nSPS) is 17.2. The predicted molar refractivity (Wildman–Crippen MR) is 136 cm³/mol. The van der Waals surface area contributed by atoms with E-state index in [1.165, 1.54) is 0 Å². The van der Waals surface area contributed by atoms with Crippen molar-refractivity contribution >= 4 is 60.2 Å². The van der Waals surface area contributed by atoms with E-state index in [-0.39, 0.29) is 17.2 Å². The average molecular weight is 511 g/mol. The molecule has 32 heavy (non-hydrogen) atoms. The van der Waals surface area contributed by atoms with Crippen LogP contribution >= 0.6 is 34.8 Å². The van der Waals surface area contributed by atoms with E-state index in [2.05, 4.69) is 18.1 Å². The maximum absolute atomic E-state index is 13.2. The predicted octanol–water partition coefficient (Wildman–Crippen LogP) is 5.52. The molecule has 1 amide bonds. The van der Waals surface area contributed by atoms with Crippen molar-refractivity contribution in [2.75, 3.05) is 19.7 Å². The van der Waals surface area contributed by atoms with Crippen LogP contribution in [0.1, 0.15) is 5.56 Å². The third-order valence-electron chi connectivity index (χ3n) is 5.66. The molecule has 0 aliphatic carbocycles. The van der Waals surface area contributed by atoms with Gasteiger partial charge in [-0.05, 0) is 42.4 Å². The molecule has 3 rings (SSSR count). The molecule has 9 heteroatoms. The zero-order valence-corrected chi connectivity index (χ0v) is 21.3. The van der Waals surface area contributed by atoms with Gasteiger partial charge in [-0.3, -0.25) is 4.79 Å². The van der Waals surface area contributed by atoms with E-state index in [4.69, 9.17) is 40.5 Å². The molecule has 0 spiro atoms. The third kappa shape index (κ3) is 5.94. The zero-order valence-electron chi connectivity index (χ0n) is 18.0. The molecule has 2 aromatic rings. The Hall–Kier alpha value is -1.83. The first-order valence-electron chi connectivity index (χ1n) is 10.3.